The van der Waals surface area contributed by atoms with E-state index in [1.54, 1.807) is 0 Å². The third-order valence-corrected chi connectivity index (χ3v) is 29.6. The zero-order chi connectivity index (χ0) is 92.6. The van der Waals surface area contributed by atoms with E-state index in [4.69, 9.17) is 0 Å². The van der Waals surface area contributed by atoms with Crippen molar-refractivity contribution in [2.45, 2.75) is 10.8 Å². The first-order valence-corrected chi connectivity index (χ1v) is 48.6. The number of benzene rings is 24. The number of fused-ring (bicyclic) bond motifs is 12. The number of hydrogen-bond donors (Lipinski definition) is 0. The molecule has 0 aromatic heterocycles. The fourth-order valence-corrected chi connectivity index (χ4v) is 23.2. The van der Waals surface area contributed by atoms with Crippen LogP contribution < -0.4 is 9.80 Å². The van der Waals surface area contributed by atoms with Gasteiger partial charge in [-0.25, -0.2) is 0 Å². The summed E-state index contributed by atoms with van der Waals surface area (Å²) in [5, 5.41) is 9.49. The molecule has 2 aliphatic rings. The molecule has 0 saturated heterocycles. The van der Waals surface area contributed by atoms with Crippen molar-refractivity contribution < 1.29 is 0 Å². The summed E-state index contributed by atoms with van der Waals surface area (Å²) in [6.45, 7) is 0. The van der Waals surface area contributed by atoms with Crippen LogP contribution in [-0.4, -0.2) is 0 Å². The van der Waals surface area contributed by atoms with Crippen LogP contribution in [0.2, 0.25) is 0 Å². The molecule has 0 atom stereocenters. The highest BCUT2D eigenvalue weighted by Crippen LogP contribution is 2.62. The van der Waals surface area contributed by atoms with Crippen molar-refractivity contribution in [2.24, 2.45) is 0 Å². The molecule has 0 spiro atoms. The first kappa shape index (κ1) is 82.6. The van der Waals surface area contributed by atoms with Gasteiger partial charge in [-0.05, 0) is 249 Å². The number of nitrogens with zero attached hydrogens (tertiary/aromatic N) is 2. The minimum absolute atomic E-state index is 0.616. The van der Waals surface area contributed by atoms with E-state index in [1.165, 1.54) is 132 Å². The first-order chi connectivity index (χ1) is 69.4. The lowest BCUT2D eigenvalue weighted by molar-refractivity contribution is 0.768. The van der Waals surface area contributed by atoms with E-state index in [1.807, 2.05) is 0 Å². The molecule has 0 unspecified atom stereocenters. The van der Waals surface area contributed by atoms with Crippen molar-refractivity contribution in [3.05, 3.63) is 603 Å². The quantitative estimate of drug-likeness (QED) is 0.0745. The maximum Gasteiger partial charge on any atom is 0.0714 e. The summed E-state index contributed by atoms with van der Waals surface area (Å²) in [6, 6.07) is 208. The van der Waals surface area contributed by atoms with Crippen LogP contribution in [-0.2, 0) is 10.8 Å². The van der Waals surface area contributed by atoms with Crippen LogP contribution in [0.3, 0.4) is 0 Å². The average molecular weight is 1780 g/mol. The molecule has 0 heterocycles. The Hall–Kier alpha value is -18.1. The standard InChI is InChI=1S/C138H92N2/c1-7-33-93(34-8-1)95-73-75-104(76-74-95)133-125-55-23-19-49-117(125)119-51-21-25-57-127(119)135(133)139(115-85-87-123-121-53-27-29-59-129(121)137(131(123)91-115,109-41-11-3-12-42-109)110-43-13-4-14-44-110)113-81-77-101(78-82-113)100-67-65-97(66-68-100)96-61-63-98(64-62-96)99-69-71-102(72-70-99)107-39-32-40-108(90-107)134-126-56-24-20-50-118(126)120-52-22-26-58-128(120)136(134)140(114-83-79-103(80-84-114)106-38-31-37-105(89-106)94-35-9-2-10-36-94)116-86-88-124-122-54-28-30-60-130(122)138(132(124)92-116,111-45-15-5-16-46-111)112-47-17-6-18-48-112/h1-92H. The second-order valence-corrected chi connectivity index (χ2v) is 37.1. The molecule has 0 amide bonds. The van der Waals surface area contributed by atoms with Crippen molar-refractivity contribution in [3.8, 4) is 122 Å². The molecular weight excluding hydrogens is 1690 g/mol. The Morgan fingerprint density at radius 2 is 0.336 bits per heavy atom. The highest BCUT2D eigenvalue weighted by atomic mass is 15.2. The van der Waals surface area contributed by atoms with Gasteiger partial charge < -0.3 is 9.80 Å². The number of anilines is 6. The van der Waals surface area contributed by atoms with Gasteiger partial charge in [0.25, 0.3) is 0 Å². The Morgan fingerprint density at radius 3 is 0.679 bits per heavy atom. The summed E-state index contributed by atoms with van der Waals surface area (Å²) < 4.78 is 0. The van der Waals surface area contributed by atoms with Crippen LogP contribution >= 0.6 is 0 Å². The predicted octanol–water partition coefficient (Wildman–Crippen LogP) is 37.0. The second-order valence-electron chi connectivity index (χ2n) is 37.1. The summed E-state index contributed by atoms with van der Waals surface area (Å²) >= 11 is 0. The van der Waals surface area contributed by atoms with Crippen molar-refractivity contribution in [2.75, 3.05) is 9.80 Å². The zero-order valence-corrected chi connectivity index (χ0v) is 77.0. The van der Waals surface area contributed by atoms with Crippen LogP contribution in [0.4, 0.5) is 34.1 Å². The molecule has 654 valence electrons. The topological polar surface area (TPSA) is 6.48 Å². The summed E-state index contributed by atoms with van der Waals surface area (Å²) in [4.78, 5) is 5.13. The maximum atomic E-state index is 2.57. The van der Waals surface area contributed by atoms with Gasteiger partial charge in [0.05, 0.1) is 22.2 Å². The van der Waals surface area contributed by atoms with Crippen molar-refractivity contribution in [1.82, 2.24) is 0 Å². The van der Waals surface area contributed by atoms with Crippen LogP contribution in [0, 0.1) is 0 Å². The van der Waals surface area contributed by atoms with Gasteiger partial charge in [-0.15, -0.1) is 0 Å². The normalized spacial score (nSPS) is 12.5. The van der Waals surface area contributed by atoms with Crippen molar-refractivity contribution >= 4 is 77.2 Å². The monoisotopic (exact) mass is 1780 g/mol. The molecule has 0 saturated carbocycles. The van der Waals surface area contributed by atoms with E-state index >= 15 is 0 Å². The Kier molecular flexibility index (Phi) is 20.5. The highest BCUT2D eigenvalue weighted by Gasteiger charge is 2.49. The number of rotatable bonds is 19. The summed E-state index contributed by atoms with van der Waals surface area (Å²) in [6.07, 6.45) is 0. The summed E-state index contributed by atoms with van der Waals surface area (Å²) in [5.74, 6) is 0. The summed E-state index contributed by atoms with van der Waals surface area (Å²) in [7, 11) is 0. The SMILES string of the molecule is c1ccc(-c2ccc(-c3c(N(c4ccc(-c5ccc(-c6ccc(-c7ccc(-c8cccc(-c9c(N(c%10ccc(-c%11cccc(-c%12ccccc%12)c%11)cc%10)c%10ccc%11c(c%10)C(c%10ccccc%10)(c%10ccccc%10)c%10ccccc%10-%11)c%10ccccc%10c%10ccccc9%10)c8)cc7)cc6)cc5)cc4)c4ccc5c(c4)C(c4ccccc4)(c4ccccc4)c4ccccc4-5)c4ccccc4c4ccccc34)cc2)cc1. The first-order valence-electron chi connectivity index (χ1n) is 48.6. The van der Waals surface area contributed by atoms with Gasteiger partial charge in [-0.1, -0.05) is 497 Å². The lowest BCUT2D eigenvalue weighted by Crippen LogP contribution is -2.28. The molecule has 0 N–H and O–H groups in total. The molecule has 24 aromatic rings. The van der Waals surface area contributed by atoms with Crippen LogP contribution in [0.1, 0.15) is 44.5 Å². The highest BCUT2D eigenvalue weighted by molar-refractivity contribution is 6.24. The summed E-state index contributed by atoms with van der Waals surface area (Å²) in [5.41, 5.74) is 40.9. The smallest absolute Gasteiger partial charge is 0.0714 e. The van der Waals surface area contributed by atoms with E-state index in [-0.39, 0.29) is 0 Å². The van der Waals surface area contributed by atoms with Gasteiger partial charge in [0.2, 0.25) is 0 Å². The van der Waals surface area contributed by atoms with Gasteiger partial charge in [0.1, 0.15) is 0 Å². The number of hydrogen-bond acceptors (Lipinski definition) is 2. The molecule has 0 radical (unpaired) electrons. The van der Waals surface area contributed by atoms with Crippen LogP contribution in [0.25, 0.3) is 165 Å². The van der Waals surface area contributed by atoms with Crippen LogP contribution in [0.5, 0.6) is 0 Å². The van der Waals surface area contributed by atoms with Gasteiger partial charge >= 0.3 is 0 Å². The van der Waals surface area contributed by atoms with E-state index in [0.717, 1.165) is 112 Å². The molecule has 140 heavy (non-hydrogen) atoms. The minimum atomic E-state index is -0.628. The molecule has 0 bridgehead atoms. The predicted molar refractivity (Wildman–Crippen MR) is 589 cm³/mol. The molecule has 26 rings (SSSR count). The third-order valence-electron chi connectivity index (χ3n) is 29.6. The average Bonchev–Trinajstić information content (AvgIpc) is 1.51. The van der Waals surface area contributed by atoms with Crippen molar-refractivity contribution in [1.29, 1.82) is 0 Å². The zero-order valence-electron chi connectivity index (χ0n) is 77.0. The Balaban J connectivity index is 0.544. The molecule has 2 heteroatoms. The van der Waals surface area contributed by atoms with Crippen LogP contribution in [0.15, 0.2) is 558 Å². The van der Waals surface area contributed by atoms with Crippen molar-refractivity contribution in [3.63, 3.8) is 0 Å². The Labute approximate surface area is 816 Å². The molecule has 24 aromatic carbocycles. The molecule has 2 nitrogen and oxygen atoms in total. The van der Waals surface area contributed by atoms with E-state index in [0.29, 0.717) is 0 Å². The molecule has 0 fully saturated rings. The lowest BCUT2D eigenvalue weighted by atomic mass is 9.67. The molecule has 0 aliphatic heterocycles. The van der Waals surface area contributed by atoms with Gasteiger partial charge in [0.15, 0.2) is 0 Å². The fraction of sp³-hybridized carbons (Fsp3) is 0.0145. The largest absolute Gasteiger partial charge is 0.309 e. The van der Waals surface area contributed by atoms with E-state index in [2.05, 4.69) is 568 Å². The molecule has 2 aliphatic carbocycles. The Morgan fingerprint density at radius 1 is 0.121 bits per heavy atom. The van der Waals surface area contributed by atoms with E-state index < -0.39 is 10.8 Å². The van der Waals surface area contributed by atoms with Gasteiger partial charge in [-0.2, -0.15) is 0 Å². The second kappa shape index (κ2) is 34.7. The fourth-order valence-electron chi connectivity index (χ4n) is 23.2. The maximum absolute atomic E-state index is 2.57. The van der Waals surface area contributed by atoms with E-state index in [9.17, 15) is 0 Å². The minimum Gasteiger partial charge on any atom is -0.309 e. The Bertz CT molecular complexity index is 8750. The third kappa shape index (κ3) is 13.9. The van der Waals surface area contributed by atoms with Gasteiger partial charge in [0, 0.05) is 44.6 Å². The van der Waals surface area contributed by atoms with Gasteiger partial charge in [-0.3, -0.25) is 0 Å². The lowest BCUT2D eigenvalue weighted by Gasteiger charge is -2.35. The molecular formula is C138H92N2.